The predicted octanol–water partition coefficient (Wildman–Crippen LogP) is 3.73. The van der Waals surface area contributed by atoms with Crippen molar-refractivity contribution in [3.8, 4) is 0 Å². The Balaban J connectivity index is 1.26. The highest BCUT2D eigenvalue weighted by molar-refractivity contribution is 5.25. The summed E-state index contributed by atoms with van der Waals surface area (Å²) in [5, 5.41) is 0. The molecular formula is C22H28N2O2. The van der Waals surface area contributed by atoms with Crippen molar-refractivity contribution in [3.05, 3.63) is 65.5 Å². The summed E-state index contributed by atoms with van der Waals surface area (Å²) in [6.45, 7) is 6.73. The van der Waals surface area contributed by atoms with Crippen molar-refractivity contribution in [2.45, 2.75) is 51.0 Å². The van der Waals surface area contributed by atoms with Crippen molar-refractivity contribution in [1.82, 2.24) is 9.88 Å². The van der Waals surface area contributed by atoms with Crippen molar-refractivity contribution in [2.24, 2.45) is 0 Å². The summed E-state index contributed by atoms with van der Waals surface area (Å²) < 4.78 is 12.3. The molecule has 1 aromatic heterocycles. The first-order chi connectivity index (χ1) is 12.7. The fraction of sp³-hybridized carbons (Fsp3) is 0.500. The zero-order valence-corrected chi connectivity index (χ0v) is 15.6. The van der Waals surface area contributed by atoms with E-state index in [4.69, 9.17) is 9.47 Å². The number of pyridine rings is 1. The molecule has 4 nitrogen and oxygen atoms in total. The minimum atomic E-state index is 0.0248. The summed E-state index contributed by atoms with van der Waals surface area (Å²) in [7, 11) is 0. The fourth-order valence-electron chi connectivity index (χ4n) is 4.09. The predicted molar refractivity (Wildman–Crippen MR) is 102 cm³/mol. The minimum absolute atomic E-state index is 0.0248. The molecule has 0 N–H and O–H groups in total. The maximum absolute atomic E-state index is 6.23. The highest BCUT2D eigenvalue weighted by atomic mass is 16.6. The molecule has 138 valence electrons. The number of hydrogen-bond donors (Lipinski definition) is 0. The normalized spacial score (nSPS) is 22.7. The number of aryl methyl sites for hydroxylation is 1. The molecule has 1 spiro atoms. The van der Waals surface area contributed by atoms with Crippen LogP contribution in [0.3, 0.4) is 0 Å². The van der Waals surface area contributed by atoms with Crippen LogP contribution in [0.4, 0.5) is 0 Å². The first-order valence-corrected chi connectivity index (χ1v) is 9.65. The molecule has 4 heteroatoms. The van der Waals surface area contributed by atoms with Crippen molar-refractivity contribution >= 4 is 0 Å². The molecule has 2 fully saturated rings. The van der Waals surface area contributed by atoms with Gasteiger partial charge in [0.25, 0.3) is 0 Å². The first-order valence-electron chi connectivity index (χ1n) is 9.65. The molecule has 2 aromatic rings. The Morgan fingerprint density at radius 3 is 2.73 bits per heavy atom. The Morgan fingerprint density at radius 2 is 1.96 bits per heavy atom. The van der Waals surface area contributed by atoms with Crippen LogP contribution in [0.2, 0.25) is 0 Å². The maximum atomic E-state index is 6.23. The third-order valence-electron chi connectivity index (χ3n) is 5.79. The largest absolute Gasteiger partial charge is 0.372 e. The van der Waals surface area contributed by atoms with Crippen LogP contribution in [0.15, 0.2) is 48.7 Å². The average Bonchev–Trinajstić information content (AvgIpc) is 3.08. The van der Waals surface area contributed by atoms with Crippen LogP contribution in [0.5, 0.6) is 0 Å². The van der Waals surface area contributed by atoms with Crippen LogP contribution in [-0.2, 0) is 22.6 Å². The smallest absolute Gasteiger partial charge is 0.0892 e. The van der Waals surface area contributed by atoms with Crippen LogP contribution in [0.25, 0.3) is 0 Å². The molecule has 0 saturated carbocycles. The van der Waals surface area contributed by atoms with E-state index in [0.29, 0.717) is 13.2 Å². The van der Waals surface area contributed by atoms with E-state index in [1.54, 1.807) is 0 Å². The van der Waals surface area contributed by atoms with E-state index in [1.807, 2.05) is 24.4 Å². The van der Waals surface area contributed by atoms with E-state index < -0.39 is 0 Å². The molecule has 0 bridgehead atoms. The number of benzene rings is 1. The summed E-state index contributed by atoms with van der Waals surface area (Å²) in [6, 6.07) is 14.6. The first kappa shape index (κ1) is 17.7. The molecule has 2 saturated heterocycles. The van der Waals surface area contributed by atoms with Crippen LogP contribution < -0.4 is 0 Å². The van der Waals surface area contributed by atoms with E-state index in [9.17, 15) is 0 Å². The maximum Gasteiger partial charge on any atom is 0.0892 e. The summed E-state index contributed by atoms with van der Waals surface area (Å²) >= 11 is 0. The lowest BCUT2D eigenvalue weighted by molar-refractivity contribution is -0.0469. The van der Waals surface area contributed by atoms with Crippen molar-refractivity contribution in [2.75, 3.05) is 19.7 Å². The number of likely N-dealkylation sites (tertiary alicyclic amines) is 1. The van der Waals surface area contributed by atoms with Gasteiger partial charge in [-0.3, -0.25) is 9.88 Å². The molecule has 0 amide bonds. The summed E-state index contributed by atoms with van der Waals surface area (Å²) in [4.78, 5) is 6.88. The van der Waals surface area contributed by atoms with Gasteiger partial charge in [-0.25, -0.2) is 0 Å². The van der Waals surface area contributed by atoms with Gasteiger partial charge in [0.15, 0.2) is 0 Å². The van der Waals surface area contributed by atoms with Crippen molar-refractivity contribution in [1.29, 1.82) is 0 Å². The second kappa shape index (κ2) is 7.87. The van der Waals surface area contributed by atoms with Gasteiger partial charge < -0.3 is 9.47 Å². The molecule has 1 aromatic carbocycles. The van der Waals surface area contributed by atoms with Gasteiger partial charge in [0.05, 0.1) is 30.6 Å². The lowest BCUT2D eigenvalue weighted by Gasteiger charge is -2.38. The second-order valence-electron chi connectivity index (χ2n) is 7.65. The van der Waals surface area contributed by atoms with E-state index in [1.165, 1.54) is 11.1 Å². The molecule has 26 heavy (non-hydrogen) atoms. The van der Waals surface area contributed by atoms with E-state index >= 15 is 0 Å². The lowest BCUT2D eigenvalue weighted by Crippen LogP contribution is -2.44. The van der Waals surface area contributed by atoms with E-state index in [2.05, 4.69) is 41.1 Å². The zero-order valence-electron chi connectivity index (χ0n) is 15.6. The summed E-state index contributed by atoms with van der Waals surface area (Å²) in [5.74, 6) is 0. The molecule has 1 unspecified atom stereocenters. The lowest BCUT2D eigenvalue weighted by atomic mass is 9.87. The third-order valence-corrected chi connectivity index (χ3v) is 5.79. The Morgan fingerprint density at radius 1 is 1.15 bits per heavy atom. The highest BCUT2D eigenvalue weighted by Gasteiger charge is 2.43. The molecular weight excluding hydrogens is 324 g/mol. The number of ether oxygens (including phenoxy) is 2. The number of aromatic nitrogens is 1. The number of piperidine rings is 1. The molecule has 2 aliphatic rings. The van der Waals surface area contributed by atoms with Crippen LogP contribution in [0.1, 0.15) is 36.1 Å². The number of hydrogen-bond acceptors (Lipinski definition) is 4. The second-order valence-corrected chi connectivity index (χ2v) is 7.65. The van der Waals surface area contributed by atoms with Gasteiger partial charge in [-0.1, -0.05) is 30.3 Å². The quantitative estimate of drug-likeness (QED) is 0.821. The molecule has 4 rings (SSSR count). The van der Waals surface area contributed by atoms with Crippen molar-refractivity contribution in [3.63, 3.8) is 0 Å². The molecule has 0 aliphatic carbocycles. The summed E-state index contributed by atoms with van der Waals surface area (Å²) in [6.07, 6.45) is 5.22. The Hall–Kier alpha value is -1.75. The Kier molecular flexibility index (Phi) is 5.34. The zero-order chi connectivity index (χ0) is 17.8. The standard InChI is InChI=1S/C22H28N2O2/c1-18-6-2-3-7-19(18)15-24-12-9-22(10-13-24)14-21(17-26-22)25-16-20-8-4-5-11-23-20/h2-8,11,21H,9-10,12-17H2,1H3. The number of nitrogens with zero attached hydrogens (tertiary/aromatic N) is 2. The Labute approximate surface area is 156 Å². The monoisotopic (exact) mass is 352 g/mol. The topological polar surface area (TPSA) is 34.6 Å². The van der Waals surface area contributed by atoms with Gasteiger partial charge in [0.1, 0.15) is 0 Å². The van der Waals surface area contributed by atoms with Gasteiger partial charge in [-0.05, 0) is 43.0 Å². The minimum Gasteiger partial charge on any atom is -0.372 e. The summed E-state index contributed by atoms with van der Waals surface area (Å²) in [5.41, 5.74) is 3.83. The number of rotatable bonds is 5. The third kappa shape index (κ3) is 4.14. The van der Waals surface area contributed by atoms with E-state index in [-0.39, 0.29) is 11.7 Å². The highest BCUT2D eigenvalue weighted by Crippen LogP contribution is 2.37. The SMILES string of the molecule is Cc1ccccc1CN1CCC2(CC1)CC(OCc1ccccn1)CO2. The Bertz CT molecular complexity index is 711. The van der Waals surface area contributed by atoms with Crippen molar-refractivity contribution < 1.29 is 9.47 Å². The van der Waals surface area contributed by atoms with E-state index in [0.717, 1.165) is 44.6 Å². The van der Waals surface area contributed by atoms with Crippen LogP contribution in [-0.4, -0.2) is 41.3 Å². The fourth-order valence-corrected chi connectivity index (χ4v) is 4.09. The van der Waals surface area contributed by atoms with Gasteiger partial charge in [-0.2, -0.15) is 0 Å². The van der Waals surface area contributed by atoms with Crippen LogP contribution >= 0.6 is 0 Å². The molecule has 0 radical (unpaired) electrons. The molecule has 1 atom stereocenters. The molecule has 2 aliphatic heterocycles. The van der Waals surface area contributed by atoms with Gasteiger partial charge in [0, 0.05) is 32.3 Å². The van der Waals surface area contributed by atoms with Gasteiger partial charge in [-0.15, -0.1) is 0 Å². The molecule has 3 heterocycles. The average molecular weight is 352 g/mol. The van der Waals surface area contributed by atoms with Gasteiger partial charge in [0.2, 0.25) is 0 Å². The van der Waals surface area contributed by atoms with Gasteiger partial charge >= 0.3 is 0 Å². The van der Waals surface area contributed by atoms with Crippen LogP contribution in [0, 0.1) is 6.92 Å².